The van der Waals surface area contributed by atoms with E-state index in [0.29, 0.717) is 22.5 Å². The van der Waals surface area contributed by atoms with Gasteiger partial charge in [0, 0.05) is 30.8 Å². The van der Waals surface area contributed by atoms with Gasteiger partial charge in [0.15, 0.2) is 11.6 Å². The lowest BCUT2D eigenvalue weighted by Crippen LogP contribution is -2.35. The van der Waals surface area contributed by atoms with E-state index in [0.717, 1.165) is 37.3 Å². The van der Waals surface area contributed by atoms with E-state index in [9.17, 15) is 0 Å². The maximum atomic E-state index is 5.98. The Morgan fingerprint density at radius 1 is 1.15 bits per heavy atom. The molecule has 8 nitrogen and oxygen atoms in total. The molecule has 4 rings (SSSR count). The molecule has 27 heavy (non-hydrogen) atoms. The standard InChI is InChI=1S/C18H21N7OS/c1-12-4-3-7-19-15(12)22-18-23-17(24-27-18)16-20-10-14(11-21-16)26-13-5-8-25(2)9-6-13/h3-4,7,10-11,13H,5-6,8-9H2,1-2H3,(H,19,22,23,24). The van der Waals surface area contributed by atoms with Gasteiger partial charge in [0.2, 0.25) is 11.0 Å². The fraction of sp³-hybridized carbons (Fsp3) is 0.389. The molecule has 4 heterocycles. The summed E-state index contributed by atoms with van der Waals surface area (Å²) in [5.74, 6) is 2.42. The molecule has 1 saturated heterocycles. The average molecular weight is 383 g/mol. The summed E-state index contributed by atoms with van der Waals surface area (Å²) in [6, 6.07) is 3.89. The van der Waals surface area contributed by atoms with Crippen molar-refractivity contribution in [3.63, 3.8) is 0 Å². The maximum Gasteiger partial charge on any atom is 0.212 e. The molecule has 0 saturated carbocycles. The second kappa shape index (κ2) is 7.93. The number of piperidine rings is 1. The minimum absolute atomic E-state index is 0.227. The zero-order valence-corrected chi connectivity index (χ0v) is 16.1. The first-order chi connectivity index (χ1) is 13.2. The highest BCUT2D eigenvalue weighted by molar-refractivity contribution is 7.09. The molecule has 1 N–H and O–H groups in total. The van der Waals surface area contributed by atoms with Crippen molar-refractivity contribution >= 4 is 22.5 Å². The van der Waals surface area contributed by atoms with Gasteiger partial charge in [-0.2, -0.15) is 9.36 Å². The van der Waals surface area contributed by atoms with Crippen molar-refractivity contribution in [3.8, 4) is 17.4 Å². The number of anilines is 2. The lowest BCUT2D eigenvalue weighted by molar-refractivity contribution is 0.113. The van der Waals surface area contributed by atoms with Crippen LogP contribution < -0.4 is 10.1 Å². The molecule has 1 fully saturated rings. The number of aryl methyl sites for hydroxylation is 1. The molecule has 0 aliphatic carbocycles. The van der Waals surface area contributed by atoms with Crippen molar-refractivity contribution in [2.24, 2.45) is 0 Å². The molecule has 0 spiro atoms. The number of pyridine rings is 1. The summed E-state index contributed by atoms with van der Waals surface area (Å²) < 4.78 is 10.3. The molecule has 9 heteroatoms. The monoisotopic (exact) mass is 383 g/mol. The summed E-state index contributed by atoms with van der Waals surface area (Å²) >= 11 is 1.25. The Kier molecular flexibility index (Phi) is 5.21. The summed E-state index contributed by atoms with van der Waals surface area (Å²) in [7, 11) is 2.13. The normalized spacial score (nSPS) is 15.6. The molecule has 0 unspecified atom stereocenters. The zero-order valence-electron chi connectivity index (χ0n) is 15.3. The van der Waals surface area contributed by atoms with Crippen LogP contribution in [0, 0.1) is 6.92 Å². The molecule has 140 valence electrons. The number of aromatic nitrogens is 5. The van der Waals surface area contributed by atoms with E-state index < -0.39 is 0 Å². The SMILES string of the molecule is Cc1cccnc1Nc1nc(-c2ncc(OC3CCN(C)CC3)cn2)ns1. The Morgan fingerprint density at radius 3 is 2.67 bits per heavy atom. The lowest BCUT2D eigenvalue weighted by Gasteiger charge is -2.29. The molecular weight excluding hydrogens is 362 g/mol. The van der Waals surface area contributed by atoms with Crippen LogP contribution in [0.15, 0.2) is 30.7 Å². The smallest absolute Gasteiger partial charge is 0.212 e. The molecule has 0 bridgehead atoms. The third-order valence-electron chi connectivity index (χ3n) is 4.46. The molecule has 0 aromatic carbocycles. The van der Waals surface area contributed by atoms with Crippen LogP contribution in [0.5, 0.6) is 5.75 Å². The number of hydrogen-bond donors (Lipinski definition) is 1. The second-order valence-electron chi connectivity index (χ2n) is 6.58. The van der Waals surface area contributed by atoms with Crippen molar-refractivity contribution < 1.29 is 4.74 Å². The van der Waals surface area contributed by atoms with E-state index in [2.05, 4.69) is 41.6 Å². The Balaban J connectivity index is 1.40. The van der Waals surface area contributed by atoms with E-state index in [-0.39, 0.29) is 6.10 Å². The number of ether oxygens (including phenoxy) is 1. The van der Waals surface area contributed by atoms with Crippen molar-refractivity contribution in [2.75, 3.05) is 25.5 Å². The zero-order chi connectivity index (χ0) is 18.6. The van der Waals surface area contributed by atoms with E-state index in [4.69, 9.17) is 4.74 Å². The van der Waals surface area contributed by atoms with Gasteiger partial charge < -0.3 is 15.0 Å². The summed E-state index contributed by atoms with van der Waals surface area (Å²) in [4.78, 5) is 19.8. The van der Waals surface area contributed by atoms with Crippen LogP contribution in [0.1, 0.15) is 18.4 Å². The topological polar surface area (TPSA) is 89.0 Å². The average Bonchev–Trinajstić information content (AvgIpc) is 3.15. The highest BCUT2D eigenvalue weighted by atomic mass is 32.1. The minimum atomic E-state index is 0.227. The summed E-state index contributed by atoms with van der Waals surface area (Å²) in [6.07, 6.45) is 7.39. The predicted octanol–water partition coefficient (Wildman–Crippen LogP) is 2.92. The fourth-order valence-electron chi connectivity index (χ4n) is 2.87. The number of hydrogen-bond acceptors (Lipinski definition) is 9. The predicted molar refractivity (Wildman–Crippen MR) is 104 cm³/mol. The third-order valence-corrected chi connectivity index (χ3v) is 5.09. The van der Waals surface area contributed by atoms with Crippen molar-refractivity contribution in [1.82, 2.24) is 29.2 Å². The molecular formula is C18H21N7OS. The van der Waals surface area contributed by atoms with Gasteiger partial charge in [0.1, 0.15) is 11.9 Å². The van der Waals surface area contributed by atoms with Crippen molar-refractivity contribution in [1.29, 1.82) is 0 Å². The Morgan fingerprint density at radius 2 is 1.93 bits per heavy atom. The molecule has 3 aromatic rings. The third kappa shape index (κ3) is 4.37. The van der Waals surface area contributed by atoms with E-state index in [1.807, 2.05) is 19.1 Å². The van der Waals surface area contributed by atoms with Crippen LogP contribution in [0.2, 0.25) is 0 Å². The van der Waals surface area contributed by atoms with Crippen molar-refractivity contribution in [3.05, 3.63) is 36.3 Å². The number of rotatable bonds is 5. The molecule has 3 aromatic heterocycles. The minimum Gasteiger partial charge on any atom is -0.487 e. The first-order valence-corrected chi connectivity index (χ1v) is 9.65. The Hall–Kier alpha value is -2.65. The quantitative estimate of drug-likeness (QED) is 0.719. The molecule has 0 atom stereocenters. The van der Waals surface area contributed by atoms with Gasteiger partial charge in [-0.15, -0.1) is 0 Å². The summed E-state index contributed by atoms with van der Waals surface area (Å²) in [6.45, 7) is 4.10. The van der Waals surface area contributed by atoms with Crippen LogP contribution >= 0.6 is 11.5 Å². The molecule has 0 radical (unpaired) electrons. The van der Waals surface area contributed by atoms with E-state index in [1.165, 1.54) is 11.5 Å². The van der Waals surface area contributed by atoms with Crippen LogP contribution in [0.3, 0.4) is 0 Å². The maximum absolute atomic E-state index is 5.98. The first-order valence-electron chi connectivity index (χ1n) is 8.87. The van der Waals surface area contributed by atoms with Gasteiger partial charge in [0.25, 0.3) is 0 Å². The van der Waals surface area contributed by atoms with Gasteiger partial charge in [-0.25, -0.2) is 15.0 Å². The van der Waals surface area contributed by atoms with Crippen LogP contribution in [-0.4, -0.2) is 55.5 Å². The van der Waals surface area contributed by atoms with Gasteiger partial charge in [0.05, 0.1) is 12.4 Å². The molecule has 1 aliphatic heterocycles. The van der Waals surface area contributed by atoms with Crippen LogP contribution in [0.25, 0.3) is 11.6 Å². The van der Waals surface area contributed by atoms with Gasteiger partial charge in [-0.1, -0.05) is 6.07 Å². The number of nitrogens with zero attached hydrogens (tertiary/aromatic N) is 6. The number of likely N-dealkylation sites (tertiary alicyclic amines) is 1. The van der Waals surface area contributed by atoms with Crippen molar-refractivity contribution in [2.45, 2.75) is 25.9 Å². The van der Waals surface area contributed by atoms with Crippen LogP contribution in [-0.2, 0) is 0 Å². The largest absolute Gasteiger partial charge is 0.487 e. The highest BCUT2D eigenvalue weighted by Gasteiger charge is 2.18. The molecule has 0 amide bonds. The van der Waals surface area contributed by atoms with E-state index >= 15 is 0 Å². The fourth-order valence-corrected chi connectivity index (χ4v) is 3.44. The lowest BCUT2D eigenvalue weighted by atomic mass is 10.1. The number of nitrogens with one attached hydrogen (secondary N) is 1. The Labute approximate surface area is 161 Å². The van der Waals surface area contributed by atoms with Gasteiger partial charge >= 0.3 is 0 Å². The van der Waals surface area contributed by atoms with Gasteiger partial charge in [-0.05, 0) is 38.4 Å². The second-order valence-corrected chi connectivity index (χ2v) is 7.33. The molecule has 1 aliphatic rings. The van der Waals surface area contributed by atoms with E-state index in [1.54, 1.807) is 18.6 Å². The van der Waals surface area contributed by atoms with Gasteiger partial charge in [-0.3, -0.25) is 0 Å². The Bertz CT molecular complexity index is 891. The summed E-state index contributed by atoms with van der Waals surface area (Å²) in [5, 5.41) is 3.84. The first kappa shape index (κ1) is 17.7. The van der Waals surface area contributed by atoms with Crippen LogP contribution in [0.4, 0.5) is 10.9 Å². The summed E-state index contributed by atoms with van der Waals surface area (Å²) in [5.41, 5.74) is 1.04. The highest BCUT2D eigenvalue weighted by Crippen LogP contribution is 2.23.